The Morgan fingerprint density at radius 1 is 0.795 bits per heavy atom. The Morgan fingerprint density at radius 2 is 1.46 bits per heavy atom. The lowest BCUT2D eigenvalue weighted by molar-refractivity contribution is 0.503. The quantitative estimate of drug-likeness (QED) is 0.131. The van der Waals surface area contributed by atoms with Crippen LogP contribution in [0.1, 0.15) is 13.8 Å². The highest BCUT2D eigenvalue weighted by Crippen LogP contribution is 2.46. The molecule has 0 radical (unpaired) electrons. The van der Waals surface area contributed by atoms with E-state index in [-0.39, 0.29) is 5.43 Å². The van der Waals surface area contributed by atoms with Crippen molar-refractivity contribution < 1.29 is 13.5 Å². The van der Waals surface area contributed by atoms with Crippen molar-refractivity contribution in [3.8, 4) is 17.2 Å². The molecule has 6 nitrogen and oxygen atoms in total. The predicted molar refractivity (Wildman–Crippen MR) is 158 cm³/mol. The Labute approximate surface area is 226 Å². The molecule has 0 atom stereocenters. The van der Waals surface area contributed by atoms with Gasteiger partial charge in [0.1, 0.15) is 17.0 Å². The average molecular weight is 535 g/mol. The standard InChI is InChI=1S/C32H27N2O4P/c1-3-34(4-2)22-15-18-28-30(19-22)37-31-21-29(35)26-17-16-23(20-27(26)32(31)33-28)38-39(36,24-11-7-5-8-12-24)25-13-9-6-10-14-25/h5-21H,3-4H2,1-2H3. The number of hydrogen-bond donors (Lipinski definition) is 0. The molecule has 0 bridgehead atoms. The smallest absolute Gasteiger partial charge is 0.306 e. The summed E-state index contributed by atoms with van der Waals surface area (Å²) in [6, 6.07) is 30.8. The normalized spacial score (nSPS) is 11.7. The third-order valence-corrected chi connectivity index (χ3v) is 9.38. The minimum absolute atomic E-state index is 0.178. The second kappa shape index (κ2) is 10.0. The summed E-state index contributed by atoms with van der Waals surface area (Å²) in [5.74, 6) is 0.771. The lowest BCUT2D eigenvalue weighted by atomic mass is 10.0. The van der Waals surface area contributed by atoms with Gasteiger partial charge >= 0.3 is 7.37 Å². The lowest BCUT2D eigenvalue weighted by Gasteiger charge is -2.21. The van der Waals surface area contributed by atoms with Crippen molar-refractivity contribution >= 4 is 45.5 Å². The highest BCUT2D eigenvalue weighted by atomic mass is 31.2. The van der Waals surface area contributed by atoms with Crippen LogP contribution in [0.25, 0.3) is 33.3 Å². The topological polar surface area (TPSA) is 72.6 Å². The van der Waals surface area contributed by atoms with Crippen LogP contribution in [0, 0.1) is 0 Å². The van der Waals surface area contributed by atoms with Crippen LogP contribution in [0.4, 0.5) is 5.69 Å². The van der Waals surface area contributed by atoms with Gasteiger partial charge in [-0.15, -0.1) is 0 Å². The molecule has 0 spiro atoms. The fourth-order valence-electron chi connectivity index (χ4n) is 4.93. The number of hydrogen-bond acceptors (Lipinski definition) is 6. The molecule has 0 aromatic heterocycles. The molecule has 7 heteroatoms. The monoisotopic (exact) mass is 534 g/mol. The number of aromatic nitrogens is 1. The van der Waals surface area contributed by atoms with E-state index in [1.54, 1.807) is 42.5 Å². The second-order valence-corrected chi connectivity index (χ2v) is 11.6. The molecule has 0 amide bonds. The summed E-state index contributed by atoms with van der Waals surface area (Å²) in [5.41, 5.74) is 2.70. The Kier molecular flexibility index (Phi) is 6.41. The largest absolute Gasteiger partial charge is 0.453 e. The third-order valence-electron chi connectivity index (χ3n) is 6.96. The summed E-state index contributed by atoms with van der Waals surface area (Å²) in [6.45, 7) is 5.95. The zero-order valence-electron chi connectivity index (χ0n) is 21.7. The van der Waals surface area contributed by atoms with E-state index in [1.165, 1.54) is 6.07 Å². The summed E-state index contributed by atoms with van der Waals surface area (Å²) >= 11 is 0. The highest BCUT2D eigenvalue weighted by Gasteiger charge is 2.30. The molecule has 0 saturated heterocycles. The first-order valence-electron chi connectivity index (χ1n) is 13.0. The molecule has 4 aromatic carbocycles. The Hall–Kier alpha value is -4.41. The number of anilines is 1. The van der Waals surface area contributed by atoms with E-state index in [4.69, 9.17) is 13.9 Å². The van der Waals surface area contributed by atoms with Crippen molar-refractivity contribution in [1.82, 2.24) is 4.98 Å². The second-order valence-electron chi connectivity index (χ2n) is 9.28. The summed E-state index contributed by atoms with van der Waals surface area (Å²) in [5, 5.41) is 2.25. The van der Waals surface area contributed by atoms with Gasteiger partial charge in [-0.1, -0.05) is 36.4 Å². The number of rotatable bonds is 7. The van der Waals surface area contributed by atoms with Crippen molar-refractivity contribution in [2.75, 3.05) is 18.0 Å². The van der Waals surface area contributed by atoms with Gasteiger partial charge in [-0.3, -0.25) is 9.36 Å². The van der Waals surface area contributed by atoms with Gasteiger partial charge < -0.3 is 13.8 Å². The van der Waals surface area contributed by atoms with Crippen LogP contribution < -0.4 is 25.5 Å². The van der Waals surface area contributed by atoms with E-state index in [9.17, 15) is 9.36 Å². The van der Waals surface area contributed by atoms with Crippen LogP contribution in [-0.4, -0.2) is 18.1 Å². The molecule has 0 fully saturated rings. The summed E-state index contributed by atoms with van der Waals surface area (Å²) in [7, 11) is -3.48. The molecule has 4 aromatic rings. The van der Waals surface area contributed by atoms with E-state index in [0.717, 1.165) is 18.8 Å². The molecule has 2 aliphatic rings. The average Bonchev–Trinajstić information content (AvgIpc) is 2.98. The zero-order chi connectivity index (χ0) is 27.0. The van der Waals surface area contributed by atoms with Crippen molar-refractivity contribution in [1.29, 1.82) is 0 Å². The van der Waals surface area contributed by atoms with Crippen LogP contribution in [-0.2, 0) is 4.57 Å². The van der Waals surface area contributed by atoms with Gasteiger partial charge in [0.25, 0.3) is 0 Å². The van der Waals surface area contributed by atoms with Gasteiger partial charge in [-0.25, -0.2) is 4.98 Å². The molecular weight excluding hydrogens is 507 g/mol. The van der Waals surface area contributed by atoms with E-state index < -0.39 is 7.37 Å². The van der Waals surface area contributed by atoms with Crippen molar-refractivity contribution in [2.45, 2.75) is 13.8 Å². The minimum Gasteiger partial charge on any atom is -0.453 e. The van der Waals surface area contributed by atoms with Gasteiger partial charge in [-0.2, -0.15) is 0 Å². The first kappa shape index (κ1) is 24.9. The molecule has 0 N–H and O–H groups in total. The summed E-state index contributed by atoms with van der Waals surface area (Å²) in [4.78, 5) is 20.1. The molecule has 1 aliphatic carbocycles. The van der Waals surface area contributed by atoms with Gasteiger partial charge in [0, 0.05) is 41.7 Å². The zero-order valence-corrected chi connectivity index (χ0v) is 22.6. The van der Waals surface area contributed by atoms with E-state index in [1.807, 2.05) is 54.6 Å². The molecule has 194 valence electrons. The van der Waals surface area contributed by atoms with Crippen molar-refractivity contribution in [3.63, 3.8) is 0 Å². The minimum atomic E-state index is -3.48. The Morgan fingerprint density at radius 3 is 2.10 bits per heavy atom. The fraction of sp³-hybridized carbons (Fsp3) is 0.125. The van der Waals surface area contributed by atoms with Crippen LogP contribution >= 0.6 is 7.37 Å². The Balaban J connectivity index is 1.50. The molecule has 6 rings (SSSR count). The maximum Gasteiger partial charge on any atom is 0.306 e. The van der Waals surface area contributed by atoms with E-state index in [2.05, 4.69) is 18.7 Å². The maximum atomic E-state index is 14.4. The number of benzene rings is 5. The first-order valence-corrected chi connectivity index (χ1v) is 14.6. The molecule has 39 heavy (non-hydrogen) atoms. The third kappa shape index (κ3) is 4.47. The van der Waals surface area contributed by atoms with Gasteiger partial charge in [0.05, 0.1) is 10.6 Å². The number of fused-ring (bicyclic) bond motifs is 4. The molecular formula is C32H27N2O4P. The molecule has 0 saturated carbocycles. The predicted octanol–water partition coefficient (Wildman–Crippen LogP) is 6.60. The van der Waals surface area contributed by atoms with Crippen molar-refractivity contribution in [3.05, 3.63) is 113 Å². The van der Waals surface area contributed by atoms with Crippen LogP contribution in [0.2, 0.25) is 0 Å². The molecule has 0 unspecified atom stereocenters. The SMILES string of the molecule is CCN(CC)c1ccc2nc3c4cc(OP(=O)(c5ccccc5)c5ccccc5)ccc4c(=O)cc-3oc2c1. The Bertz CT molecular complexity index is 1820. The lowest BCUT2D eigenvalue weighted by Crippen LogP contribution is -2.21. The van der Waals surface area contributed by atoms with Crippen molar-refractivity contribution in [2.24, 2.45) is 0 Å². The van der Waals surface area contributed by atoms with Crippen LogP contribution in [0.3, 0.4) is 0 Å². The highest BCUT2D eigenvalue weighted by molar-refractivity contribution is 7.74. The van der Waals surface area contributed by atoms with Gasteiger partial charge in [0.15, 0.2) is 16.8 Å². The van der Waals surface area contributed by atoms with E-state index >= 15 is 0 Å². The van der Waals surface area contributed by atoms with Crippen LogP contribution in [0.15, 0.2) is 112 Å². The first-order chi connectivity index (χ1) is 19.0. The summed E-state index contributed by atoms with van der Waals surface area (Å²) in [6.07, 6.45) is 0. The maximum absolute atomic E-state index is 14.4. The van der Waals surface area contributed by atoms with E-state index in [0.29, 0.717) is 49.7 Å². The number of nitrogens with zero attached hydrogens (tertiary/aromatic N) is 2. The molecule has 1 aliphatic heterocycles. The van der Waals surface area contributed by atoms with Crippen LogP contribution in [0.5, 0.6) is 5.75 Å². The van der Waals surface area contributed by atoms with Gasteiger partial charge in [0.2, 0.25) is 0 Å². The fourth-order valence-corrected chi connectivity index (χ4v) is 6.98. The molecule has 1 heterocycles. The summed E-state index contributed by atoms with van der Waals surface area (Å²) < 4.78 is 27.0. The van der Waals surface area contributed by atoms with Gasteiger partial charge in [-0.05, 0) is 68.4 Å².